The first kappa shape index (κ1) is 25.8. The monoisotopic (exact) mass is 506 g/mol. The van der Waals surface area contributed by atoms with Crippen molar-refractivity contribution >= 4 is 11.9 Å². The van der Waals surface area contributed by atoms with E-state index in [2.05, 4.69) is 23.9 Å². The van der Waals surface area contributed by atoms with Crippen molar-refractivity contribution in [2.75, 3.05) is 31.1 Å². The van der Waals surface area contributed by atoms with Gasteiger partial charge in [0.25, 0.3) is 0 Å². The maximum Gasteiger partial charge on any atom is 0.417 e. The third-order valence-electron chi connectivity index (χ3n) is 7.41. The number of amides is 1. The van der Waals surface area contributed by atoms with Gasteiger partial charge in [0.15, 0.2) is 0 Å². The number of aromatic nitrogens is 3. The number of anilines is 1. The van der Waals surface area contributed by atoms with E-state index in [4.69, 9.17) is 0 Å². The van der Waals surface area contributed by atoms with Crippen LogP contribution >= 0.6 is 0 Å². The molecular formula is C24H29F3N6O3. The zero-order chi connectivity index (χ0) is 26.3. The minimum Gasteiger partial charge on any atom is -0.465 e. The van der Waals surface area contributed by atoms with E-state index in [1.807, 2.05) is 0 Å². The fourth-order valence-corrected chi connectivity index (χ4v) is 5.11. The summed E-state index contributed by atoms with van der Waals surface area (Å²) in [6.45, 7) is 5.76. The van der Waals surface area contributed by atoms with Gasteiger partial charge >= 0.3 is 12.3 Å². The molecule has 2 saturated heterocycles. The molecule has 0 radical (unpaired) electrons. The highest BCUT2D eigenvalue weighted by Crippen LogP contribution is 2.40. The van der Waals surface area contributed by atoms with Crippen molar-refractivity contribution in [2.24, 2.45) is 11.3 Å². The Labute approximate surface area is 206 Å². The summed E-state index contributed by atoms with van der Waals surface area (Å²) in [6, 6.07) is 2.16. The molecule has 2 aliphatic rings. The van der Waals surface area contributed by atoms with Gasteiger partial charge in [-0.2, -0.15) is 23.5 Å². The molecule has 36 heavy (non-hydrogen) atoms. The SMILES string of the molecule is CC(C)(Cn1cc(-c2cc(C(F)(F)F)c(C#N)c(N3CC[C@@H]3CO)n2)cn1)C1CCN(C(=O)O)CC1. The predicted molar refractivity (Wildman–Crippen MR) is 124 cm³/mol. The number of hydrogen-bond acceptors (Lipinski definition) is 6. The average Bonchev–Trinajstić information content (AvgIpc) is 3.25. The zero-order valence-corrected chi connectivity index (χ0v) is 20.2. The number of pyridine rings is 1. The van der Waals surface area contributed by atoms with Crippen molar-refractivity contribution in [3.63, 3.8) is 0 Å². The number of halogens is 3. The molecule has 0 aromatic carbocycles. The molecule has 0 aliphatic carbocycles. The fraction of sp³-hybridized carbons (Fsp3) is 0.583. The smallest absolute Gasteiger partial charge is 0.417 e. The molecule has 2 aromatic rings. The molecule has 0 saturated carbocycles. The van der Waals surface area contributed by atoms with Crippen molar-refractivity contribution in [1.29, 1.82) is 5.26 Å². The van der Waals surface area contributed by atoms with Gasteiger partial charge in [0, 0.05) is 37.9 Å². The molecule has 4 rings (SSSR count). The third kappa shape index (κ3) is 4.97. The number of carbonyl (C=O) groups is 1. The first-order valence-corrected chi connectivity index (χ1v) is 11.8. The highest BCUT2D eigenvalue weighted by molar-refractivity contribution is 5.69. The van der Waals surface area contributed by atoms with Gasteiger partial charge in [-0.25, -0.2) is 9.78 Å². The van der Waals surface area contributed by atoms with Crippen LogP contribution in [0.1, 0.15) is 44.2 Å². The molecule has 1 amide bonds. The van der Waals surface area contributed by atoms with E-state index >= 15 is 0 Å². The van der Waals surface area contributed by atoms with E-state index in [0.29, 0.717) is 38.2 Å². The molecule has 1 atom stereocenters. The number of rotatable bonds is 6. The van der Waals surface area contributed by atoms with Gasteiger partial charge in [-0.15, -0.1) is 0 Å². The lowest BCUT2D eigenvalue weighted by molar-refractivity contribution is -0.137. The molecule has 2 N–H and O–H groups in total. The number of piperidine rings is 1. The quantitative estimate of drug-likeness (QED) is 0.611. The Morgan fingerprint density at radius 2 is 1.92 bits per heavy atom. The summed E-state index contributed by atoms with van der Waals surface area (Å²) in [4.78, 5) is 18.5. The summed E-state index contributed by atoms with van der Waals surface area (Å²) in [5.74, 6) is 0.185. The fourth-order valence-electron chi connectivity index (χ4n) is 5.11. The highest BCUT2D eigenvalue weighted by Gasteiger charge is 2.40. The Balaban J connectivity index is 1.61. The van der Waals surface area contributed by atoms with Crippen molar-refractivity contribution in [3.05, 3.63) is 29.6 Å². The van der Waals surface area contributed by atoms with Crippen LogP contribution in [0.5, 0.6) is 0 Å². The van der Waals surface area contributed by atoms with E-state index in [-0.39, 0.29) is 35.5 Å². The number of aliphatic hydroxyl groups is 1. The van der Waals surface area contributed by atoms with Crippen LogP contribution in [0, 0.1) is 22.7 Å². The van der Waals surface area contributed by atoms with Crippen LogP contribution in [0.2, 0.25) is 0 Å². The summed E-state index contributed by atoms with van der Waals surface area (Å²) < 4.78 is 43.3. The molecule has 2 fully saturated rings. The van der Waals surface area contributed by atoms with E-state index in [1.165, 1.54) is 16.0 Å². The molecule has 12 heteroatoms. The number of nitriles is 1. The van der Waals surface area contributed by atoms with Gasteiger partial charge in [-0.05, 0) is 36.7 Å². The highest BCUT2D eigenvalue weighted by atomic mass is 19.4. The molecule has 9 nitrogen and oxygen atoms in total. The van der Waals surface area contributed by atoms with Gasteiger partial charge < -0.3 is 20.0 Å². The lowest BCUT2D eigenvalue weighted by Gasteiger charge is -2.41. The van der Waals surface area contributed by atoms with E-state index < -0.39 is 23.4 Å². The Hall–Kier alpha value is -3.33. The van der Waals surface area contributed by atoms with Crippen LogP contribution in [0.4, 0.5) is 23.8 Å². The van der Waals surface area contributed by atoms with Crippen molar-refractivity contribution in [2.45, 2.75) is 51.9 Å². The second kappa shape index (κ2) is 9.61. The maximum absolute atomic E-state index is 13.9. The molecule has 4 heterocycles. The first-order chi connectivity index (χ1) is 16.9. The number of hydrogen-bond donors (Lipinski definition) is 2. The Morgan fingerprint density at radius 3 is 2.44 bits per heavy atom. The first-order valence-electron chi connectivity index (χ1n) is 11.8. The number of carboxylic acid groups (broad SMARTS) is 1. The number of alkyl halides is 3. The summed E-state index contributed by atoms with van der Waals surface area (Å²) >= 11 is 0. The normalized spacial score (nSPS) is 19.2. The van der Waals surface area contributed by atoms with Gasteiger partial charge in [-0.3, -0.25) is 4.68 Å². The number of likely N-dealkylation sites (tertiary alicyclic amines) is 1. The van der Waals surface area contributed by atoms with Gasteiger partial charge in [-0.1, -0.05) is 13.8 Å². The topological polar surface area (TPSA) is 119 Å². The van der Waals surface area contributed by atoms with Crippen LogP contribution in [0.15, 0.2) is 18.5 Å². The summed E-state index contributed by atoms with van der Waals surface area (Å²) in [7, 11) is 0. The molecule has 0 unspecified atom stereocenters. The van der Waals surface area contributed by atoms with E-state index in [0.717, 1.165) is 18.9 Å². The van der Waals surface area contributed by atoms with Crippen molar-refractivity contribution in [3.8, 4) is 17.3 Å². The van der Waals surface area contributed by atoms with E-state index in [9.17, 15) is 33.4 Å². The Bertz CT molecular complexity index is 1160. The van der Waals surface area contributed by atoms with Crippen LogP contribution in [0.25, 0.3) is 11.3 Å². The van der Waals surface area contributed by atoms with Crippen LogP contribution in [0.3, 0.4) is 0 Å². The van der Waals surface area contributed by atoms with Gasteiger partial charge in [0.1, 0.15) is 17.5 Å². The number of nitrogens with zero attached hydrogens (tertiary/aromatic N) is 6. The van der Waals surface area contributed by atoms with Gasteiger partial charge in [0.05, 0.1) is 30.1 Å². The standard InChI is InChI=1S/C24H29F3N6O3/c1-23(2,16-3-6-31(7-4-16)22(35)36)14-32-12-15(11-29-32)20-9-19(24(25,26)27)18(10-28)21(30-20)33-8-5-17(33)13-34/h9,11-12,16-17,34H,3-8,13-14H2,1-2H3,(H,35,36)/t17-/m1/s1. The van der Waals surface area contributed by atoms with Crippen molar-refractivity contribution < 1.29 is 28.2 Å². The lowest BCUT2D eigenvalue weighted by Crippen LogP contribution is -2.51. The van der Waals surface area contributed by atoms with Crippen LogP contribution < -0.4 is 4.90 Å². The third-order valence-corrected chi connectivity index (χ3v) is 7.41. The molecule has 194 valence electrons. The second-order valence-electron chi connectivity index (χ2n) is 10.1. The lowest BCUT2D eigenvalue weighted by atomic mass is 9.73. The number of aliphatic hydroxyl groups excluding tert-OH is 1. The molecule has 0 spiro atoms. The zero-order valence-electron chi connectivity index (χ0n) is 20.2. The summed E-state index contributed by atoms with van der Waals surface area (Å²) in [5.41, 5.74) is -1.39. The minimum atomic E-state index is -4.75. The molecular weight excluding hydrogens is 477 g/mol. The van der Waals surface area contributed by atoms with Gasteiger partial charge in [0.2, 0.25) is 0 Å². The average molecular weight is 507 g/mol. The molecule has 2 aliphatic heterocycles. The molecule has 0 bridgehead atoms. The maximum atomic E-state index is 13.9. The largest absolute Gasteiger partial charge is 0.465 e. The van der Waals surface area contributed by atoms with Crippen LogP contribution in [-0.2, 0) is 12.7 Å². The second-order valence-corrected chi connectivity index (χ2v) is 10.1. The summed E-state index contributed by atoms with van der Waals surface area (Å²) in [6.07, 6.45) is -0.505. The van der Waals surface area contributed by atoms with E-state index in [1.54, 1.807) is 16.9 Å². The van der Waals surface area contributed by atoms with Crippen molar-refractivity contribution in [1.82, 2.24) is 19.7 Å². The Kier molecular flexibility index (Phi) is 6.88. The molecule has 2 aromatic heterocycles. The predicted octanol–water partition coefficient (Wildman–Crippen LogP) is 3.82. The minimum absolute atomic E-state index is 0.0544. The summed E-state index contributed by atoms with van der Waals surface area (Å²) in [5, 5.41) is 32.6. The Morgan fingerprint density at radius 1 is 1.22 bits per heavy atom. The van der Waals surface area contributed by atoms with Crippen LogP contribution in [-0.4, -0.2) is 68.3 Å².